The standard InChI is InChI=1S/C43H36FN9O3/c1-25-9-16-32(21-37(25)53-24-30-22-46-42(51-39(30)52(3)43(53)56)48-33-17-10-26(2)45-23-33)47-40(54)29-13-18-34-35(20-29)50-41(55)36(19-27-11-14-31(44)15-12-27)49-38(34)28-7-5-4-6-8-28/h4-18,20-23,36H,19,24H2,1-3H3,(H,47,54)(H,50,55)(H,46,48,51)/t36-/m0/s1. The third-order valence-electron chi connectivity index (χ3n) is 9.70. The van der Waals surface area contributed by atoms with E-state index in [9.17, 15) is 18.8 Å². The molecule has 0 radical (unpaired) electrons. The second-order valence-electron chi connectivity index (χ2n) is 13.7. The third kappa shape index (κ3) is 7.29. The average Bonchev–Trinajstić information content (AvgIpc) is 3.34. The van der Waals surface area contributed by atoms with Crippen molar-refractivity contribution in [2.45, 2.75) is 32.9 Å². The molecule has 13 heteroatoms. The minimum atomic E-state index is -0.795. The molecule has 2 aliphatic rings. The quantitative estimate of drug-likeness (QED) is 0.146. The lowest BCUT2D eigenvalue weighted by Gasteiger charge is -2.35. The van der Waals surface area contributed by atoms with Gasteiger partial charge in [-0.15, -0.1) is 0 Å². The summed E-state index contributed by atoms with van der Waals surface area (Å²) >= 11 is 0. The van der Waals surface area contributed by atoms with Gasteiger partial charge in [-0.25, -0.2) is 14.2 Å². The first-order chi connectivity index (χ1) is 27.1. The summed E-state index contributed by atoms with van der Waals surface area (Å²) in [6.45, 7) is 4.02. The van der Waals surface area contributed by atoms with Crippen LogP contribution >= 0.6 is 0 Å². The van der Waals surface area contributed by atoms with E-state index in [0.29, 0.717) is 45.7 Å². The van der Waals surface area contributed by atoms with E-state index in [-0.39, 0.29) is 30.7 Å². The van der Waals surface area contributed by atoms with Crippen LogP contribution < -0.4 is 25.8 Å². The number of aryl methyl sites for hydroxylation is 2. The fourth-order valence-electron chi connectivity index (χ4n) is 6.71. The van der Waals surface area contributed by atoms with Crippen molar-refractivity contribution in [2.75, 3.05) is 32.8 Å². The molecule has 2 aromatic heterocycles. The number of pyridine rings is 1. The Morgan fingerprint density at radius 2 is 1.68 bits per heavy atom. The first-order valence-corrected chi connectivity index (χ1v) is 18.0. The number of carbonyl (C=O) groups is 3. The summed E-state index contributed by atoms with van der Waals surface area (Å²) in [4.78, 5) is 62.6. The summed E-state index contributed by atoms with van der Waals surface area (Å²) in [5, 5.41) is 9.09. The normalized spacial score (nSPS) is 14.9. The van der Waals surface area contributed by atoms with Gasteiger partial charge in [0.25, 0.3) is 5.91 Å². The Morgan fingerprint density at radius 3 is 2.45 bits per heavy atom. The highest BCUT2D eigenvalue weighted by molar-refractivity contribution is 6.20. The van der Waals surface area contributed by atoms with Gasteiger partial charge in [0.2, 0.25) is 11.9 Å². The van der Waals surface area contributed by atoms with Crippen LogP contribution in [0.3, 0.4) is 0 Å². The van der Waals surface area contributed by atoms with Crippen LogP contribution in [0.4, 0.5) is 43.7 Å². The number of nitrogens with one attached hydrogen (secondary N) is 3. The van der Waals surface area contributed by atoms with E-state index in [0.717, 1.165) is 33.6 Å². The zero-order chi connectivity index (χ0) is 38.9. The Labute approximate surface area is 322 Å². The summed E-state index contributed by atoms with van der Waals surface area (Å²) in [6.07, 6.45) is 3.65. The van der Waals surface area contributed by atoms with Crippen LogP contribution in [0.5, 0.6) is 0 Å². The topological polar surface area (TPSA) is 145 Å². The summed E-state index contributed by atoms with van der Waals surface area (Å²) in [5.41, 5.74) is 7.86. The first-order valence-electron chi connectivity index (χ1n) is 18.0. The van der Waals surface area contributed by atoms with Crippen LogP contribution in [0.25, 0.3) is 0 Å². The number of anilines is 6. The minimum Gasteiger partial charge on any atom is -0.324 e. The van der Waals surface area contributed by atoms with Crippen LogP contribution in [0.2, 0.25) is 0 Å². The molecule has 6 aromatic rings. The molecule has 8 rings (SSSR count). The molecule has 4 heterocycles. The SMILES string of the molecule is Cc1ccc(Nc2ncc3c(n2)N(C)C(=O)N(c2cc(NC(=O)c4ccc5c(c4)NC(=O)[C@H](Cc4ccc(F)cc4)N=C5c4ccccc4)ccc2C)C3)cn1. The molecule has 0 unspecified atom stereocenters. The number of nitrogens with zero attached hydrogens (tertiary/aromatic N) is 6. The molecule has 0 fully saturated rings. The molecule has 278 valence electrons. The predicted octanol–water partition coefficient (Wildman–Crippen LogP) is 7.60. The fourth-order valence-corrected chi connectivity index (χ4v) is 6.71. The van der Waals surface area contributed by atoms with E-state index in [4.69, 9.17) is 4.99 Å². The van der Waals surface area contributed by atoms with Crippen molar-refractivity contribution >= 4 is 58.1 Å². The van der Waals surface area contributed by atoms with Crippen molar-refractivity contribution in [3.63, 3.8) is 0 Å². The van der Waals surface area contributed by atoms with Gasteiger partial charge in [0.1, 0.15) is 17.7 Å². The van der Waals surface area contributed by atoms with E-state index >= 15 is 0 Å². The second-order valence-corrected chi connectivity index (χ2v) is 13.7. The van der Waals surface area contributed by atoms with E-state index in [1.807, 2.05) is 62.4 Å². The number of carbonyl (C=O) groups excluding carboxylic acids is 3. The number of benzene rings is 4. The van der Waals surface area contributed by atoms with Gasteiger partial charge in [-0.2, -0.15) is 4.98 Å². The van der Waals surface area contributed by atoms with Gasteiger partial charge in [0.05, 0.1) is 35.5 Å². The molecule has 4 amide bonds. The molecule has 1 atom stereocenters. The highest BCUT2D eigenvalue weighted by atomic mass is 19.1. The molecule has 2 aliphatic heterocycles. The summed E-state index contributed by atoms with van der Waals surface area (Å²) in [5.74, 6) is -0.285. The number of hydrogen-bond acceptors (Lipinski definition) is 8. The number of amides is 4. The fraction of sp³-hybridized carbons (Fsp3) is 0.140. The monoisotopic (exact) mass is 745 g/mol. The van der Waals surface area contributed by atoms with Crippen LogP contribution in [0, 0.1) is 19.7 Å². The van der Waals surface area contributed by atoms with Crippen molar-refractivity contribution in [3.8, 4) is 0 Å². The Bertz CT molecular complexity index is 2530. The van der Waals surface area contributed by atoms with Crippen molar-refractivity contribution in [3.05, 3.63) is 160 Å². The smallest absolute Gasteiger partial charge is 0.324 e. The van der Waals surface area contributed by atoms with E-state index in [2.05, 4.69) is 30.9 Å². The lowest BCUT2D eigenvalue weighted by atomic mass is 9.98. The third-order valence-corrected chi connectivity index (χ3v) is 9.70. The number of aromatic nitrogens is 3. The number of halogens is 1. The molecule has 4 aromatic carbocycles. The number of benzodiazepines with no additional fused rings is 1. The van der Waals surface area contributed by atoms with Crippen molar-refractivity contribution < 1.29 is 18.8 Å². The van der Waals surface area contributed by atoms with Crippen molar-refractivity contribution in [1.82, 2.24) is 15.0 Å². The van der Waals surface area contributed by atoms with E-state index in [1.54, 1.807) is 66.8 Å². The molecular weight excluding hydrogens is 710 g/mol. The lowest BCUT2D eigenvalue weighted by Crippen LogP contribution is -2.46. The van der Waals surface area contributed by atoms with Gasteiger partial charge < -0.3 is 16.0 Å². The molecule has 12 nitrogen and oxygen atoms in total. The van der Waals surface area contributed by atoms with Gasteiger partial charge in [-0.05, 0) is 79.6 Å². The summed E-state index contributed by atoms with van der Waals surface area (Å²) in [6, 6.07) is 28.7. The molecule has 0 aliphatic carbocycles. The molecule has 3 N–H and O–H groups in total. The Kier molecular flexibility index (Phi) is 9.48. The number of hydrogen-bond donors (Lipinski definition) is 3. The zero-order valence-electron chi connectivity index (χ0n) is 30.7. The minimum absolute atomic E-state index is 0.223. The van der Waals surface area contributed by atoms with Crippen LogP contribution in [0.15, 0.2) is 121 Å². The largest absolute Gasteiger partial charge is 0.330 e. The van der Waals surface area contributed by atoms with Gasteiger partial charge in [0, 0.05) is 53.3 Å². The average molecular weight is 746 g/mol. The summed E-state index contributed by atoms with van der Waals surface area (Å²) in [7, 11) is 1.66. The van der Waals surface area contributed by atoms with E-state index < -0.39 is 11.9 Å². The second kappa shape index (κ2) is 14.9. The van der Waals surface area contributed by atoms with Crippen molar-refractivity contribution in [2.24, 2.45) is 4.99 Å². The summed E-state index contributed by atoms with van der Waals surface area (Å²) < 4.78 is 13.6. The molecule has 0 saturated heterocycles. The number of urea groups is 1. The number of fused-ring (bicyclic) bond motifs is 2. The molecule has 56 heavy (non-hydrogen) atoms. The van der Waals surface area contributed by atoms with Gasteiger partial charge >= 0.3 is 6.03 Å². The Balaban J connectivity index is 1.03. The molecule has 0 saturated carbocycles. The number of aliphatic imine (C=N–C) groups is 1. The maximum Gasteiger partial charge on any atom is 0.330 e. The maximum atomic E-state index is 13.8. The van der Waals surface area contributed by atoms with Crippen LogP contribution in [-0.4, -0.2) is 51.6 Å². The maximum absolute atomic E-state index is 13.8. The van der Waals surface area contributed by atoms with E-state index in [1.165, 1.54) is 17.0 Å². The van der Waals surface area contributed by atoms with Gasteiger partial charge in [-0.3, -0.25) is 29.4 Å². The van der Waals surface area contributed by atoms with Crippen molar-refractivity contribution in [1.29, 1.82) is 0 Å². The van der Waals surface area contributed by atoms with Gasteiger partial charge in [0.15, 0.2) is 0 Å². The highest BCUT2D eigenvalue weighted by Crippen LogP contribution is 2.34. The highest BCUT2D eigenvalue weighted by Gasteiger charge is 2.32. The predicted molar refractivity (Wildman–Crippen MR) is 214 cm³/mol. The Hall–Kier alpha value is -7.28. The zero-order valence-corrected chi connectivity index (χ0v) is 30.7. The Morgan fingerprint density at radius 1 is 0.893 bits per heavy atom. The lowest BCUT2D eigenvalue weighted by molar-refractivity contribution is -0.117. The molecule has 0 spiro atoms. The number of rotatable bonds is 8. The van der Waals surface area contributed by atoms with Gasteiger partial charge in [-0.1, -0.05) is 48.5 Å². The van der Waals surface area contributed by atoms with Crippen LogP contribution in [-0.2, 0) is 17.8 Å². The molecular formula is C43H36FN9O3. The first kappa shape index (κ1) is 35.7. The molecule has 0 bridgehead atoms. The van der Waals surface area contributed by atoms with Crippen LogP contribution in [0.1, 0.15) is 43.9 Å².